The van der Waals surface area contributed by atoms with Crippen LogP contribution in [0.4, 0.5) is 5.69 Å². The van der Waals surface area contributed by atoms with Crippen LogP contribution in [0.3, 0.4) is 0 Å². The fraction of sp³-hybridized carbons (Fsp3) is 0.294. The summed E-state index contributed by atoms with van der Waals surface area (Å²) in [6.07, 6.45) is 1.07. The van der Waals surface area contributed by atoms with E-state index < -0.39 is 5.97 Å². The van der Waals surface area contributed by atoms with Gasteiger partial charge >= 0.3 is 5.97 Å². The number of nitrogen functional groups attached to an aromatic ring is 1. The van der Waals surface area contributed by atoms with E-state index in [1.54, 1.807) is 6.92 Å². The van der Waals surface area contributed by atoms with Crippen LogP contribution in [0.1, 0.15) is 51.4 Å². The number of anilines is 1. The zero-order chi connectivity index (χ0) is 15.7. The zero-order valence-electron chi connectivity index (χ0n) is 12.4. The van der Waals surface area contributed by atoms with Crippen LogP contribution in [0, 0.1) is 0 Å². The molecule has 1 aliphatic rings. The predicted molar refractivity (Wildman–Crippen MR) is 83.0 cm³/mol. The van der Waals surface area contributed by atoms with E-state index >= 15 is 0 Å². The third-order valence-corrected chi connectivity index (χ3v) is 4.03. The Hall–Kier alpha value is -2.56. The van der Waals surface area contributed by atoms with Gasteiger partial charge in [-0.1, -0.05) is 30.3 Å². The third kappa shape index (κ3) is 2.39. The maximum Gasteiger partial charge on any atom is 0.356 e. The first kappa shape index (κ1) is 14.4. The van der Waals surface area contributed by atoms with Gasteiger partial charge in [-0.25, -0.2) is 4.79 Å². The number of nitrogens with one attached hydrogen (secondary N) is 1. The molecule has 3 rings (SSSR count). The first-order valence-electron chi connectivity index (χ1n) is 7.37. The summed E-state index contributed by atoms with van der Waals surface area (Å²) < 4.78 is 4.97. The van der Waals surface area contributed by atoms with Gasteiger partial charge in [-0.2, -0.15) is 0 Å². The second-order valence-electron chi connectivity index (χ2n) is 5.43. The summed E-state index contributed by atoms with van der Waals surface area (Å²) in [5, 5.41) is 0. The molecule has 0 saturated carbocycles. The molecule has 22 heavy (non-hydrogen) atoms. The van der Waals surface area contributed by atoms with Gasteiger partial charge in [0.05, 0.1) is 17.9 Å². The van der Waals surface area contributed by atoms with Gasteiger partial charge in [0.25, 0.3) is 0 Å². The second-order valence-corrected chi connectivity index (χ2v) is 5.43. The minimum absolute atomic E-state index is 0.0283. The van der Waals surface area contributed by atoms with Crippen molar-refractivity contribution in [2.24, 2.45) is 0 Å². The van der Waals surface area contributed by atoms with Crippen molar-refractivity contribution in [3.63, 3.8) is 0 Å². The number of benzene rings is 1. The predicted octanol–water partition coefficient (Wildman–Crippen LogP) is 2.69. The number of carbonyl (C=O) groups excluding carboxylic acids is 2. The number of esters is 1. The summed E-state index contributed by atoms with van der Waals surface area (Å²) in [4.78, 5) is 27.3. The molecule has 0 aliphatic heterocycles. The SMILES string of the molecule is CCOC(=O)c1[nH]c2c(c1N)C(=O)CC(c1ccccc1)C2. The lowest BCUT2D eigenvalue weighted by Crippen LogP contribution is -2.18. The monoisotopic (exact) mass is 298 g/mol. The smallest absolute Gasteiger partial charge is 0.356 e. The average molecular weight is 298 g/mol. The lowest BCUT2D eigenvalue weighted by molar-refractivity contribution is 0.0521. The number of hydrogen-bond acceptors (Lipinski definition) is 4. The quantitative estimate of drug-likeness (QED) is 0.853. The third-order valence-electron chi connectivity index (χ3n) is 4.03. The maximum atomic E-state index is 12.4. The topological polar surface area (TPSA) is 85.2 Å². The van der Waals surface area contributed by atoms with Crippen LogP contribution in [0.2, 0.25) is 0 Å². The summed E-state index contributed by atoms with van der Waals surface area (Å²) in [5.74, 6) is -0.438. The Labute approximate surface area is 128 Å². The van der Waals surface area contributed by atoms with Crippen LogP contribution in [-0.4, -0.2) is 23.3 Å². The van der Waals surface area contributed by atoms with Crippen LogP contribution in [0.25, 0.3) is 0 Å². The van der Waals surface area contributed by atoms with Gasteiger partial charge in [0.1, 0.15) is 5.69 Å². The van der Waals surface area contributed by atoms with Crippen LogP contribution in [0.15, 0.2) is 30.3 Å². The molecule has 1 aliphatic carbocycles. The van der Waals surface area contributed by atoms with Crippen molar-refractivity contribution in [2.75, 3.05) is 12.3 Å². The number of aromatic amines is 1. The summed E-state index contributed by atoms with van der Waals surface area (Å²) in [6.45, 7) is 2.00. The molecule has 0 spiro atoms. The molecule has 2 aromatic rings. The lowest BCUT2D eigenvalue weighted by Gasteiger charge is -2.21. The molecule has 0 fully saturated rings. The molecule has 114 valence electrons. The normalized spacial score (nSPS) is 17.1. The number of rotatable bonds is 3. The van der Waals surface area contributed by atoms with E-state index in [1.165, 1.54) is 0 Å². The molecule has 3 N–H and O–H groups in total. The molecule has 1 atom stereocenters. The van der Waals surface area contributed by atoms with Crippen LogP contribution < -0.4 is 5.73 Å². The molecular formula is C17H18N2O3. The Bertz CT molecular complexity index is 719. The van der Waals surface area contributed by atoms with Gasteiger partial charge in [-0.05, 0) is 24.8 Å². The molecular weight excluding hydrogens is 280 g/mol. The number of fused-ring (bicyclic) bond motifs is 1. The van der Waals surface area contributed by atoms with E-state index in [1.807, 2.05) is 30.3 Å². The van der Waals surface area contributed by atoms with Crippen LogP contribution in [-0.2, 0) is 11.2 Å². The van der Waals surface area contributed by atoms with Crippen molar-refractivity contribution in [2.45, 2.75) is 25.7 Å². The highest BCUT2D eigenvalue weighted by Crippen LogP contribution is 2.36. The minimum Gasteiger partial charge on any atom is -0.461 e. The van der Waals surface area contributed by atoms with E-state index in [9.17, 15) is 9.59 Å². The number of hydrogen-bond donors (Lipinski definition) is 2. The molecule has 0 amide bonds. The van der Waals surface area contributed by atoms with E-state index in [4.69, 9.17) is 10.5 Å². The van der Waals surface area contributed by atoms with Gasteiger partial charge in [0.2, 0.25) is 0 Å². The second kappa shape index (κ2) is 5.67. The maximum absolute atomic E-state index is 12.4. The summed E-state index contributed by atoms with van der Waals surface area (Å²) >= 11 is 0. The van der Waals surface area contributed by atoms with Crippen molar-refractivity contribution in [3.05, 3.63) is 52.8 Å². The Morgan fingerprint density at radius 1 is 1.32 bits per heavy atom. The Morgan fingerprint density at radius 2 is 2.05 bits per heavy atom. The molecule has 5 nitrogen and oxygen atoms in total. The highest BCUT2D eigenvalue weighted by Gasteiger charge is 2.32. The van der Waals surface area contributed by atoms with Crippen molar-refractivity contribution in [1.29, 1.82) is 0 Å². The van der Waals surface area contributed by atoms with Crippen LogP contribution >= 0.6 is 0 Å². The van der Waals surface area contributed by atoms with Gasteiger partial charge in [0.15, 0.2) is 5.78 Å². The molecule has 0 bridgehead atoms. The van der Waals surface area contributed by atoms with E-state index in [0.717, 1.165) is 11.3 Å². The van der Waals surface area contributed by atoms with E-state index in [-0.39, 0.29) is 29.7 Å². The molecule has 0 saturated heterocycles. The van der Waals surface area contributed by atoms with Gasteiger partial charge in [0, 0.05) is 12.1 Å². The molecule has 5 heteroatoms. The summed E-state index contributed by atoms with van der Waals surface area (Å²) in [7, 11) is 0. The summed E-state index contributed by atoms with van der Waals surface area (Å²) in [6, 6.07) is 9.90. The molecule has 1 aromatic heterocycles. The van der Waals surface area contributed by atoms with Gasteiger partial charge in [-0.15, -0.1) is 0 Å². The van der Waals surface area contributed by atoms with E-state index in [2.05, 4.69) is 4.98 Å². The van der Waals surface area contributed by atoms with Gasteiger partial charge in [-0.3, -0.25) is 4.79 Å². The highest BCUT2D eigenvalue weighted by atomic mass is 16.5. The molecule has 1 heterocycles. The van der Waals surface area contributed by atoms with Gasteiger partial charge < -0.3 is 15.5 Å². The minimum atomic E-state index is -0.515. The fourth-order valence-electron chi connectivity index (χ4n) is 3.01. The number of H-pyrrole nitrogens is 1. The standard InChI is InChI=1S/C17H18N2O3/c1-2-22-17(21)16-15(18)14-12(19-16)8-11(9-13(14)20)10-6-4-3-5-7-10/h3-7,11,19H,2,8-9,18H2,1H3. The van der Waals surface area contributed by atoms with Crippen molar-refractivity contribution in [3.8, 4) is 0 Å². The average Bonchev–Trinajstić information content (AvgIpc) is 2.86. The first-order chi connectivity index (χ1) is 10.6. The van der Waals surface area contributed by atoms with E-state index in [0.29, 0.717) is 18.4 Å². The molecule has 1 unspecified atom stereocenters. The number of Topliss-reactive ketones (excluding diaryl/α,β-unsaturated/α-hetero) is 1. The lowest BCUT2D eigenvalue weighted by atomic mass is 9.82. The van der Waals surface area contributed by atoms with Crippen molar-refractivity contribution in [1.82, 2.24) is 4.98 Å². The number of aromatic nitrogens is 1. The first-order valence-corrected chi connectivity index (χ1v) is 7.37. The highest BCUT2D eigenvalue weighted by molar-refractivity contribution is 6.08. The van der Waals surface area contributed by atoms with Crippen molar-refractivity contribution < 1.29 is 14.3 Å². The van der Waals surface area contributed by atoms with Crippen LogP contribution in [0.5, 0.6) is 0 Å². The zero-order valence-corrected chi connectivity index (χ0v) is 12.4. The molecule has 0 radical (unpaired) electrons. The number of ether oxygens (including phenoxy) is 1. The van der Waals surface area contributed by atoms with Crippen molar-refractivity contribution >= 4 is 17.4 Å². The number of carbonyl (C=O) groups is 2. The Kier molecular flexibility index (Phi) is 3.71. The number of ketones is 1. The fourth-order valence-corrected chi connectivity index (χ4v) is 3.01. The summed E-state index contributed by atoms with van der Waals surface area (Å²) in [5.41, 5.74) is 8.68. The largest absolute Gasteiger partial charge is 0.461 e. The molecule has 1 aromatic carbocycles. The Morgan fingerprint density at radius 3 is 2.73 bits per heavy atom. The number of nitrogens with two attached hydrogens (primary N) is 1. The Balaban J connectivity index is 1.95.